The van der Waals surface area contributed by atoms with E-state index in [-0.39, 0.29) is 4.58 Å². The molecule has 0 N–H and O–H groups in total. The van der Waals surface area contributed by atoms with Gasteiger partial charge in [-0.3, -0.25) is 4.98 Å². The normalized spacial score (nSPS) is 10.8. The molecule has 0 saturated carbocycles. The lowest BCUT2D eigenvalue weighted by Crippen LogP contribution is -1.99. The number of aromatic nitrogens is 2. The van der Waals surface area contributed by atoms with E-state index in [4.69, 9.17) is 9.72 Å². The molecule has 3 nitrogen and oxygen atoms in total. The van der Waals surface area contributed by atoms with Crippen molar-refractivity contribution in [1.29, 1.82) is 0 Å². The fraction of sp³-hybridized carbons (Fsp3) is 0.0833. The van der Waals surface area contributed by atoms with E-state index in [1.807, 2.05) is 42.5 Å². The van der Waals surface area contributed by atoms with Crippen molar-refractivity contribution in [2.24, 2.45) is 0 Å². The number of rotatable bonds is 7. The summed E-state index contributed by atoms with van der Waals surface area (Å²) in [5.74, 6) is 0.781. The molecule has 144 valence electrons. The van der Waals surface area contributed by atoms with Gasteiger partial charge in [-0.2, -0.15) is 0 Å². The van der Waals surface area contributed by atoms with Crippen molar-refractivity contribution in [2.45, 2.75) is 14.4 Å². The van der Waals surface area contributed by atoms with E-state index in [1.165, 1.54) is 9.79 Å². The third-order valence-corrected chi connectivity index (χ3v) is 6.77. The van der Waals surface area contributed by atoms with Gasteiger partial charge in [0.2, 0.25) is 0 Å². The third kappa shape index (κ3) is 5.19. The van der Waals surface area contributed by atoms with Crippen molar-refractivity contribution in [1.82, 2.24) is 9.97 Å². The van der Waals surface area contributed by atoms with Gasteiger partial charge in [-0.05, 0) is 36.4 Å². The molecule has 0 unspecified atom stereocenters. The first-order valence-corrected chi connectivity index (χ1v) is 11.0. The van der Waals surface area contributed by atoms with Crippen LogP contribution >= 0.6 is 23.5 Å². The highest BCUT2D eigenvalue weighted by Gasteiger charge is 2.19. The standard InChI is InChI=1S/C24H20N2OS2/c1-27-18-16-22(21-14-8-9-15-25-21)26-23(17-18)24(28-19-10-4-2-5-11-19)29-20-12-6-3-7-13-20/h2-17,24H,1H3. The molecule has 0 amide bonds. The minimum Gasteiger partial charge on any atom is -0.497 e. The first-order chi connectivity index (χ1) is 14.3. The van der Waals surface area contributed by atoms with E-state index in [0.29, 0.717) is 0 Å². The molecule has 2 heterocycles. The molecule has 0 aliphatic carbocycles. The number of hydrogen-bond donors (Lipinski definition) is 0. The number of thioether (sulfide) groups is 2. The molecule has 2 aromatic heterocycles. The summed E-state index contributed by atoms with van der Waals surface area (Å²) in [5, 5.41) is 0. The summed E-state index contributed by atoms with van der Waals surface area (Å²) in [5.41, 5.74) is 2.60. The van der Waals surface area contributed by atoms with Crippen LogP contribution in [0.15, 0.2) is 107 Å². The zero-order chi connectivity index (χ0) is 19.9. The summed E-state index contributed by atoms with van der Waals surface area (Å²) in [6.07, 6.45) is 1.78. The lowest BCUT2D eigenvalue weighted by molar-refractivity contribution is 0.414. The summed E-state index contributed by atoms with van der Waals surface area (Å²) in [7, 11) is 1.69. The highest BCUT2D eigenvalue weighted by molar-refractivity contribution is 8.16. The molecular formula is C24H20N2OS2. The molecule has 0 saturated heterocycles. The maximum atomic E-state index is 5.58. The highest BCUT2D eigenvalue weighted by atomic mass is 32.2. The molecule has 4 aromatic rings. The first-order valence-electron chi connectivity index (χ1n) is 9.22. The molecule has 0 radical (unpaired) electrons. The predicted molar refractivity (Wildman–Crippen MR) is 121 cm³/mol. The van der Waals surface area contributed by atoms with Crippen molar-refractivity contribution in [3.63, 3.8) is 0 Å². The van der Waals surface area contributed by atoms with Gasteiger partial charge < -0.3 is 4.74 Å². The van der Waals surface area contributed by atoms with Gasteiger partial charge in [0.05, 0.1) is 24.2 Å². The fourth-order valence-electron chi connectivity index (χ4n) is 2.80. The number of hydrogen-bond acceptors (Lipinski definition) is 5. The summed E-state index contributed by atoms with van der Waals surface area (Å²) in [6, 6.07) is 30.6. The van der Waals surface area contributed by atoms with Gasteiger partial charge in [-0.25, -0.2) is 4.98 Å². The van der Waals surface area contributed by atoms with E-state index >= 15 is 0 Å². The van der Waals surface area contributed by atoms with Gasteiger partial charge >= 0.3 is 0 Å². The van der Waals surface area contributed by atoms with Gasteiger partial charge in [-0.15, -0.1) is 23.5 Å². The molecule has 0 aliphatic heterocycles. The van der Waals surface area contributed by atoms with Crippen LogP contribution < -0.4 is 4.74 Å². The number of benzene rings is 2. The molecule has 29 heavy (non-hydrogen) atoms. The topological polar surface area (TPSA) is 35.0 Å². The third-order valence-electron chi connectivity index (χ3n) is 4.20. The van der Waals surface area contributed by atoms with Crippen molar-refractivity contribution < 1.29 is 4.74 Å². The van der Waals surface area contributed by atoms with E-state index in [9.17, 15) is 0 Å². The average Bonchev–Trinajstić information content (AvgIpc) is 2.80. The van der Waals surface area contributed by atoms with Crippen molar-refractivity contribution in [2.75, 3.05) is 7.11 Å². The zero-order valence-corrected chi connectivity index (χ0v) is 17.6. The van der Waals surface area contributed by atoms with Crippen LogP contribution in [0.4, 0.5) is 0 Å². The van der Waals surface area contributed by atoms with Gasteiger partial charge in [-0.1, -0.05) is 42.5 Å². The van der Waals surface area contributed by atoms with Crippen LogP contribution in [0, 0.1) is 0 Å². The largest absolute Gasteiger partial charge is 0.497 e. The van der Waals surface area contributed by atoms with Crippen LogP contribution in [-0.2, 0) is 0 Å². The van der Waals surface area contributed by atoms with E-state index in [1.54, 1.807) is 36.8 Å². The Bertz CT molecular complexity index is 1000. The SMILES string of the molecule is COc1cc(-c2ccccn2)nc(C(Sc2ccccc2)Sc2ccccc2)c1. The van der Waals surface area contributed by atoms with Gasteiger partial charge in [0.25, 0.3) is 0 Å². The second kappa shape index (κ2) is 9.63. The second-order valence-electron chi connectivity index (χ2n) is 6.23. The zero-order valence-electron chi connectivity index (χ0n) is 15.9. The monoisotopic (exact) mass is 416 g/mol. The highest BCUT2D eigenvalue weighted by Crippen LogP contribution is 2.47. The molecule has 5 heteroatoms. The molecule has 0 aliphatic rings. The number of pyridine rings is 2. The fourth-order valence-corrected chi connectivity index (χ4v) is 5.27. The molecular weight excluding hydrogens is 396 g/mol. The molecule has 0 fully saturated rings. The van der Waals surface area contributed by atoms with Crippen molar-refractivity contribution >= 4 is 23.5 Å². The number of nitrogens with zero attached hydrogens (tertiary/aromatic N) is 2. The summed E-state index contributed by atoms with van der Waals surface area (Å²) >= 11 is 3.57. The Morgan fingerprint density at radius 1 is 0.724 bits per heavy atom. The Kier molecular flexibility index (Phi) is 6.49. The van der Waals surface area contributed by atoms with E-state index in [2.05, 4.69) is 53.5 Å². The van der Waals surface area contributed by atoms with Crippen LogP contribution in [0.1, 0.15) is 10.3 Å². The van der Waals surface area contributed by atoms with Gasteiger partial charge in [0.15, 0.2) is 0 Å². The Balaban J connectivity index is 1.74. The van der Waals surface area contributed by atoms with Gasteiger partial charge in [0, 0.05) is 28.1 Å². The van der Waals surface area contributed by atoms with Crippen molar-refractivity contribution in [3.05, 3.63) is 103 Å². The Labute approximate surface area is 179 Å². The minimum absolute atomic E-state index is 0.0670. The summed E-state index contributed by atoms with van der Waals surface area (Å²) in [4.78, 5) is 11.8. The maximum Gasteiger partial charge on any atom is 0.122 e. The van der Waals surface area contributed by atoms with Crippen LogP contribution in [0.5, 0.6) is 5.75 Å². The Morgan fingerprint density at radius 3 is 1.90 bits per heavy atom. The van der Waals surface area contributed by atoms with Crippen LogP contribution in [0.25, 0.3) is 11.4 Å². The van der Waals surface area contributed by atoms with Crippen LogP contribution in [0.3, 0.4) is 0 Å². The first kappa shape index (κ1) is 19.6. The molecule has 0 atom stereocenters. The smallest absolute Gasteiger partial charge is 0.122 e. The average molecular weight is 417 g/mol. The Morgan fingerprint density at radius 2 is 1.34 bits per heavy atom. The number of ether oxygens (including phenoxy) is 1. The van der Waals surface area contributed by atoms with E-state index in [0.717, 1.165) is 22.8 Å². The lowest BCUT2D eigenvalue weighted by Gasteiger charge is -2.18. The quantitative estimate of drug-likeness (QED) is 0.246. The van der Waals surface area contributed by atoms with Crippen molar-refractivity contribution in [3.8, 4) is 17.1 Å². The number of methoxy groups -OCH3 is 1. The summed E-state index contributed by atoms with van der Waals surface area (Å²) in [6.45, 7) is 0. The molecule has 4 rings (SSSR count). The minimum atomic E-state index is 0.0670. The molecule has 0 spiro atoms. The second-order valence-corrected chi connectivity index (χ2v) is 8.88. The Hall–Kier alpha value is -2.76. The summed E-state index contributed by atoms with van der Waals surface area (Å²) < 4.78 is 5.65. The van der Waals surface area contributed by atoms with Crippen LogP contribution in [-0.4, -0.2) is 17.1 Å². The molecule has 2 aromatic carbocycles. The maximum absolute atomic E-state index is 5.58. The van der Waals surface area contributed by atoms with E-state index < -0.39 is 0 Å². The van der Waals surface area contributed by atoms with Crippen LogP contribution in [0.2, 0.25) is 0 Å². The van der Waals surface area contributed by atoms with Gasteiger partial charge in [0.1, 0.15) is 10.3 Å². The molecule has 0 bridgehead atoms. The predicted octanol–water partition coefficient (Wildman–Crippen LogP) is 6.74. The lowest BCUT2D eigenvalue weighted by atomic mass is 10.2.